The lowest BCUT2D eigenvalue weighted by atomic mass is 9.97. The minimum absolute atomic E-state index is 0.0886. The number of hydrogen-bond acceptors (Lipinski definition) is 4. The van der Waals surface area contributed by atoms with Gasteiger partial charge in [0.25, 0.3) is 0 Å². The highest BCUT2D eigenvalue weighted by molar-refractivity contribution is 5.26. The van der Waals surface area contributed by atoms with Crippen molar-refractivity contribution >= 4 is 0 Å². The summed E-state index contributed by atoms with van der Waals surface area (Å²) < 4.78 is 6.32. The van der Waals surface area contributed by atoms with Gasteiger partial charge >= 0.3 is 0 Å². The maximum Gasteiger partial charge on any atom is 0.112 e. The second kappa shape index (κ2) is 4.96. The molecule has 3 atom stereocenters. The summed E-state index contributed by atoms with van der Waals surface area (Å²) in [6.07, 6.45) is 10.1. The van der Waals surface area contributed by atoms with Crippen LogP contribution in [-0.2, 0) is 4.74 Å². The van der Waals surface area contributed by atoms with Crippen LogP contribution in [0, 0.1) is 0 Å². The molecule has 4 heterocycles. The van der Waals surface area contributed by atoms with Crippen LogP contribution in [0.4, 0.5) is 0 Å². The number of aromatic nitrogens is 2. The molecule has 20 heavy (non-hydrogen) atoms. The van der Waals surface area contributed by atoms with Crippen LogP contribution >= 0.6 is 0 Å². The smallest absolute Gasteiger partial charge is 0.112 e. The zero-order valence-electron chi connectivity index (χ0n) is 11.2. The Bertz CT molecular complexity index is 575. The fourth-order valence-corrected chi connectivity index (χ4v) is 3.38. The Labute approximate surface area is 118 Å². The highest BCUT2D eigenvalue weighted by Gasteiger charge is 2.45. The third-order valence-corrected chi connectivity index (χ3v) is 4.27. The molecule has 4 heteroatoms. The molecular formula is C16H17N3O. The molecule has 0 unspecified atom stereocenters. The number of fused-ring (bicyclic) bond motifs is 1. The van der Waals surface area contributed by atoms with Crippen LogP contribution in [0.25, 0.3) is 0 Å². The van der Waals surface area contributed by atoms with Gasteiger partial charge in [-0.15, -0.1) is 0 Å². The minimum Gasteiger partial charge on any atom is -0.353 e. The summed E-state index contributed by atoms with van der Waals surface area (Å²) >= 11 is 0. The van der Waals surface area contributed by atoms with Gasteiger partial charge < -0.3 is 4.74 Å². The van der Waals surface area contributed by atoms with Crippen molar-refractivity contribution < 1.29 is 4.74 Å². The van der Waals surface area contributed by atoms with Crippen molar-refractivity contribution in [2.45, 2.75) is 31.2 Å². The van der Waals surface area contributed by atoms with Crippen molar-refractivity contribution in [3.8, 4) is 0 Å². The fourth-order valence-electron chi connectivity index (χ4n) is 3.38. The Kier molecular flexibility index (Phi) is 2.98. The Morgan fingerprint density at radius 2 is 1.60 bits per heavy atom. The van der Waals surface area contributed by atoms with Gasteiger partial charge in [-0.1, -0.05) is 0 Å². The molecule has 2 aromatic rings. The summed E-state index contributed by atoms with van der Waals surface area (Å²) in [5, 5.41) is 0. The van der Waals surface area contributed by atoms with Crippen LogP contribution < -0.4 is 0 Å². The van der Waals surface area contributed by atoms with Crippen LogP contribution in [0.3, 0.4) is 0 Å². The first kappa shape index (κ1) is 12.0. The lowest BCUT2D eigenvalue weighted by Crippen LogP contribution is -2.26. The maximum atomic E-state index is 6.32. The first-order chi connectivity index (χ1) is 9.93. The average Bonchev–Trinajstić information content (AvgIpc) is 3.09. The third kappa shape index (κ3) is 1.92. The molecule has 2 aliphatic rings. The van der Waals surface area contributed by atoms with Gasteiger partial charge in [0.05, 0.1) is 6.04 Å². The number of pyridine rings is 2. The van der Waals surface area contributed by atoms with Crippen LogP contribution in [0.15, 0.2) is 49.1 Å². The zero-order chi connectivity index (χ0) is 13.4. The van der Waals surface area contributed by atoms with Crippen molar-refractivity contribution in [1.82, 2.24) is 14.9 Å². The lowest BCUT2D eigenvalue weighted by molar-refractivity contribution is 0.0173. The molecule has 0 aliphatic carbocycles. The molecule has 0 spiro atoms. The summed E-state index contributed by atoms with van der Waals surface area (Å²) in [6, 6.07) is 8.60. The normalized spacial score (nSPS) is 29.5. The third-order valence-electron chi connectivity index (χ3n) is 4.27. The molecule has 102 valence electrons. The van der Waals surface area contributed by atoms with E-state index in [4.69, 9.17) is 4.74 Å². The highest BCUT2D eigenvalue weighted by atomic mass is 16.5. The van der Waals surface area contributed by atoms with Gasteiger partial charge in [-0.3, -0.25) is 14.9 Å². The van der Waals surface area contributed by atoms with E-state index in [1.54, 1.807) is 0 Å². The monoisotopic (exact) mass is 267 g/mol. The van der Waals surface area contributed by atoms with Gasteiger partial charge in [0.15, 0.2) is 0 Å². The van der Waals surface area contributed by atoms with E-state index in [0.29, 0.717) is 0 Å². The van der Waals surface area contributed by atoms with E-state index in [2.05, 4.69) is 39.1 Å². The highest BCUT2D eigenvalue weighted by Crippen LogP contribution is 2.47. The molecule has 0 radical (unpaired) electrons. The molecule has 0 bridgehead atoms. The number of hydrogen-bond donors (Lipinski definition) is 0. The number of rotatable bonds is 2. The molecular weight excluding hydrogens is 250 g/mol. The molecule has 0 saturated carbocycles. The van der Waals surface area contributed by atoms with Crippen molar-refractivity contribution in [3.63, 3.8) is 0 Å². The van der Waals surface area contributed by atoms with Gasteiger partial charge in [-0.05, 0) is 48.2 Å². The van der Waals surface area contributed by atoms with Crippen molar-refractivity contribution in [2.24, 2.45) is 0 Å². The predicted molar refractivity (Wildman–Crippen MR) is 74.8 cm³/mol. The maximum absolute atomic E-state index is 6.32. The summed E-state index contributed by atoms with van der Waals surface area (Å²) in [5.74, 6) is 0. The fraction of sp³-hybridized carbons (Fsp3) is 0.375. The Morgan fingerprint density at radius 3 is 2.30 bits per heavy atom. The molecule has 2 fully saturated rings. The second-order valence-electron chi connectivity index (χ2n) is 5.40. The van der Waals surface area contributed by atoms with E-state index in [9.17, 15) is 0 Å². The van der Waals surface area contributed by atoms with E-state index in [1.165, 1.54) is 17.5 Å². The first-order valence-corrected chi connectivity index (χ1v) is 7.14. The summed E-state index contributed by atoms with van der Waals surface area (Å²) in [5.41, 5.74) is 2.49. The first-order valence-electron chi connectivity index (χ1n) is 7.14. The van der Waals surface area contributed by atoms with E-state index >= 15 is 0 Å². The predicted octanol–water partition coefficient (Wildman–Crippen LogP) is 2.71. The molecule has 2 aromatic heterocycles. The average molecular weight is 267 g/mol. The largest absolute Gasteiger partial charge is 0.353 e. The van der Waals surface area contributed by atoms with Crippen LogP contribution in [0.1, 0.15) is 36.1 Å². The molecule has 2 aliphatic heterocycles. The van der Waals surface area contributed by atoms with Gasteiger partial charge in [0, 0.05) is 31.3 Å². The summed E-state index contributed by atoms with van der Waals surface area (Å²) in [7, 11) is 0. The van der Waals surface area contributed by atoms with Gasteiger partial charge in [-0.2, -0.15) is 0 Å². The number of nitrogens with zero attached hydrogens (tertiary/aromatic N) is 3. The lowest BCUT2D eigenvalue weighted by Gasteiger charge is -2.25. The topological polar surface area (TPSA) is 38.2 Å². The van der Waals surface area contributed by atoms with Crippen molar-refractivity contribution in [1.29, 1.82) is 0 Å². The van der Waals surface area contributed by atoms with Crippen molar-refractivity contribution in [3.05, 3.63) is 60.2 Å². The molecule has 0 N–H and O–H groups in total. The van der Waals surface area contributed by atoms with Crippen LogP contribution in [-0.4, -0.2) is 27.6 Å². The van der Waals surface area contributed by atoms with Crippen molar-refractivity contribution in [2.75, 3.05) is 6.54 Å². The Balaban J connectivity index is 1.74. The summed E-state index contributed by atoms with van der Waals surface area (Å²) in [6.45, 7) is 1.11. The molecule has 0 aromatic carbocycles. The van der Waals surface area contributed by atoms with Gasteiger partial charge in [0.1, 0.15) is 12.3 Å². The van der Waals surface area contributed by atoms with E-state index in [1.807, 2.05) is 24.8 Å². The van der Waals surface area contributed by atoms with E-state index < -0.39 is 0 Å². The number of ether oxygens (including phenoxy) is 1. The molecule has 0 amide bonds. The quantitative estimate of drug-likeness (QED) is 0.838. The Hall–Kier alpha value is -1.78. The molecule has 4 rings (SSSR count). The van der Waals surface area contributed by atoms with E-state index in [-0.39, 0.29) is 18.4 Å². The van der Waals surface area contributed by atoms with Crippen LogP contribution in [0.2, 0.25) is 0 Å². The minimum atomic E-state index is 0.0886. The Morgan fingerprint density at radius 1 is 0.950 bits per heavy atom. The van der Waals surface area contributed by atoms with E-state index in [0.717, 1.165) is 13.0 Å². The SMILES string of the molecule is c1cc([C@H]2O[C@H]3CCCN3[C@@H]2c2ccncc2)ccn1. The zero-order valence-corrected chi connectivity index (χ0v) is 11.2. The van der Waals surface area contributed by atoms with Gasteiger partial charge in [-0.25, -0.2) is 0 Å². The van der Waals surface area contributed by atoms with Crippen LogP contribution in [0.5, 0.6) is 0 Å². The summed E-state index contributed by atoms with van der Waals surface area (Å²) in [4.78, 5) is 10.7. The molecule has 4 nitrogen and oxygen atoms in total. The standard InChI is InChI=1S/C16H17N3O/c1-2-14-19(11-1)15(12-3-7-17-8-4-12)16(20-14)13-5-9-18-10-6-13/h3-10,14-16H,1-2,11H2/t14-,15+,16+/m0/s1. The second-order valence-corrected chi connectivity index (χ2v) is 5.40. The van der Waals surface area contributed by atoms with Gasteiger partial charge in [0.2, 0.25) is 0 Å². The molecule has 2 saturated heterocycles.